The van der Waals surface area contributed by atoms with E-state index in [1.807, 2.05) is 0 Å². The van der Waals surface area contributed by atoms with E-state index in [-0.39, 0.29) is 10.6 Å². The van der Waals surface area contributed by atoms with Gasteiger partial charge in [-0.2, -0.15) is 9.98 Å². The predicted octanol–water partition coefficient (Wildman–Crippen LogP) is 0.341. The lowest BCUT2D eigenvalue weighted by Gasteiger charge is -2.18. The Morgan fingerprint density at radius 3 is 2.63 bits per heavy atom. The Balaban J connectivity index is 3.19. The number of pyridine rings is 1. The minimum absolute atomic E-state index is 0.275. The first-order valence-electron chi connectivity index (χ1n) is 5.40. The lowest BCUT2D eigenvalue weighted by atomic mass is 10.1. The molecule has 7 nitrogen and oxygen atoms in total. The third-order valence-corrected chi connectivity index (χ3v) is 3.85. The summed E-state index contributed by atoms with van der Waals surface area (Å²) in [5.41, 5.74) is -0.275. The van der Waals surface area contributed by atoms with Crippen LogP contribution >= 0.6 is 0 Å². The molecule has 2 N–H and O–H groups in total. The summed E-state index contributed by atoms with van der Waals surface area (Å²) in [4.78, 5) is 14.3. The summed E-state index contributed by atoms with van der Waals surface area (Å²) in [5.74, 6) is -1.71. The Morgan fingerprint density at radius 1 is 1.53 bits per heavy atom. The smallest absolute Gasteiger partial charge is 0.322 e. The standard InChI is InChI=1S/C11H13N3O4S/c1-7(2)10(11(15)16)14-19(17,18)9-4-3-5-13-8(9)6-12/h3-5,7,10,14H,1-2H3,(H,15,16). The molecule has 0 amide bonds. The Hall–Kier alpha value is -1.98. The van der Waals surface area contributed by atoms with Gasteiger partial charge in [0.25, 0.3) is 0 Å². The van der Waals surface area contributed by atoms with E-state index in [0.717, 1.165) is 0 Å². The molecule has 0 aliphatic heterocycles. The molecule has 1 aromatic heterocycles. The molecule has 1 heterocycles. The fourth-order valence-electron chi connectivity index (χ4n) is 1.39. The molecule has 0 aliphatic carbocycles. The second kappa shape index (κ2) is 5.77. The van der Waals surface area contributed by atoms with Crippen LogP contribution in [0.25, 0.3) is 0 Å². The van der Waals surface area contributed by atoms with E-state index in [2.05, 4.69) is 9.71 Å². The minimum Gasteiger partial charge on any atom is -0.480 e. The van der Waals surface area contributed by atoms with Crippen LogP contribution in [0.2, 0.25) is 0 Å². The number of nitrogens with zero attached hydrogens (tertiary/aromatic N) is 2. The second-order valence-corrected chi connectivity index (χ2v) is 5.83. The molecule has 0 spiro atoms. The molecular weight excluding hydrogens is 270 g/mol. The van der Waals surface area contributed by atoms with Crippen LogP contribution in [0.3, 0.4) is 0 Å². The van der Waals surface area contributed by atoms with Gasteiger partial charge in [-0.25, -0.2) is 13.4 Å². The van der Waals surface area contributed by atoms with Crippen LogP contribution in [0.15, 0.2) is 23.2 Å². The van der Waals surface area contributed by atoms with Gasteiger partial charge in [0.2, 0.25) is 10.0 Å². The number of aliphatic carboxylic acids is 1. The zero-order valence-corrected chi connectivity index (χ0v) is 11.2. The van der Waals surface area contributed by atoms with Gasteiger partial charge in [0, 0.05) is 6.20 Å². The first-order chi connectivity index (χ1) is 8.79. The van der Waals surface area contributed by atoms with Crippen molar-refractivity contribution < 1.29 is 18.3 Å². The highest BCUT2D eigenvalue weighted by molar-refractivity contribution is 7.89. The summed E-state index contributed by atoms with van der Waals surface area (Å²) in [6.07, 6.45) is 1.29. The van der Waals surface area contributed by atoms with E-state index in [9.17, 15) is 13.2 Å². The minimum atomic E-state index is -4.11. The Kier molecular flexibility index (Phi) is 4.58. The van der Waals surface area contributed by atoms with Gasteiger partial charge < -0.3 is 5.11 Å². The lowest BCUT2D eigenvalue weighted by Crippen LogP contribution is -2.44. The van der Waals surface area contributed by atoms with Crippen molar-refractivity contribution >= 4 is 16.0 Å². The Morgan fingerprint density at radius 2 is 2.16 bits per heavy atom. The van der Waals surface area contributed by atoms with Crippen LogP contribution < -0.4 is 4.72 Å². The molecule has 1 unspecified atom stereocenters. The number of nitriles is 1. The maximum absolute atomic E-state index is 12.1. The van der Waals surface area contributed by atoms with Crippen LogP contribution in [0, 0.1) is 17.2 Å². The quantitative estimate of drug-likeness (QED) is 0.804. The molecule has 0 saturated heterocycles. The Bertz CT molecular complexity index is 619. The third-order valence-electron chi connectivity index (χ3n) is 2.38. The van der Waals surface area contributed by atoms with Gasteiger partial charge in [0.15, 0.2) is 5.69 Å². The first-order valence-corrected chi connectivity index (χ1v) is 6.88. The summed E-state index contributed by atoms with van der Waals surface area (Å²) < 4.78 is 26.2. The number of carboxylic acids is 1. The van der Waals surface area contributed by atoms with Gasteiger partial charge in [0.1, 0.15) is 17.0 Å². The van der Waals surface area contributed by atoms with Gasteiger partial charge in [0.05, 0.1) is 0 Å². The van der Waals surface area contributed by atoms with E-state index < -0.39 is 28.0 Å². The SMILES string of the molecule is CC(C)C(NS(=O)(=O)c1cccnc1C#N)C(=O)O. The number of rotatable bonds is 5. The molecular formula is C11H13N3O4S. The topological polar surface area (TPSA) is 120 Å². The molecule has 0 fully saturated rings. The van der Waals surface area contributed by atoms with Crippen molar-refractivity contribution in [1.82, 2.24) is 9.71 Å². The largest absolute Gasteiger partial charge is 0.480 e. The van der Waals surface area contributed by atoms with Gasteiger partial charge >= 0.3 is 5.97 Å². The van der Waals surface area contributed by atoms with Crippen molar-refractivity contribution in [3.8, 4) is 6.07 Å². The number of sulfonamides is 1. The number of carboxylic acid groups (broad SMARTS) is 1. The molecule has 0 aromatic carbocycles. The molecule has 0 radical (unpaired) electrons. The monoisotopic (exact) mass is 283 g/mol. The average Bonchev–Trinajstić information content (AvgIpc) is 2.35. The summed E-state index contributed by atoms with van der Waals surface area (Å²) in [6.45, 7) is 3.16. The summed E-state index contributed by atoms with van der Waals surface area (Å²) in [5, 5.41) is 17.8. The molecule has 102 valence electrons. The van der Waals surface area contributed by atoms with Crippen LogP contribution in [0.5, 0.6) is 0 Å². The van der Waals surface area contributed by atoms with Crippen molar-refractivity contribution in [2.45, 2.75) is 24.8 Å². The van der Waals surface area contributed by atoms with Gasteiger partial charge in [-0.15, -0.1) is 0 Å². The zero-order valence-electron chi connectivity index (χ0n) is 10.4. The van der Waals surface area contributed by atoms with Crippen LogP contribution in [-0.4, -0.2) is 30.5 Å². The fourth-order valence-corrected chi connectivity index (χ4v) is 2.84. The van der Waals surface area contributed by atoms with Crippen molar-refractivity contribution in [2.75, 3.05) is 0 Å². The molecule has 0 aliphatic rings. The zero-order chi connectivity index (χ0) is 14.6. The molecule has 0 saturated carbocycles. The van der Waals surface area contributed by atoms with E-state index in [1.165, 1.54) is 18.3 Å². The van der Waals surface area contributed by atoms with Crippen LogP contribution in [-0.2, 0) is 14.8 Å². The van der Waals surface area contributed by atoms with Crippen molar-refractivity contribution in [1.29, 1.82) is 5.26 Å². The van der Waals surface area contributed by atoms with Crippen LogP contribution in [0.1, 0.15) is 19.5 Å². The van der Waals surface area contributed by atoms with Gasteiger partial charge in [-0.1, -0.05) is 13.8 Å². The molecule has 0 bridgehead atoms. The number of nitrogens with one attached hydrogen (secondary N) is 1. The number of carbonyl (C=O) groups is 1. The van der Waals surface area contributed by atoms with Gasteiger partial charge in [-0.3, -0.25) is 4.79 Å². The molecule has 19 heavy (non-hydrogen) atoms. The maximum atomic E-state index is 12.1. The average molecular weight is 283 g/mol. The van der Waals surface area contributed by atoms with E-state index in [0.29, 0.717) is 0 Å². The molecule has 1 aromatic rings. The van der Waals surface area contributed by atoms with Gasteiger partial charge in [-0.05, 0) is 18.1 Å². The normalized spacial score (nSPS) is 12.9. The fraction of sp³-hybridized carbons (Fsp3) is 0.364. The molecule has 1 atom stereocenters. The van der Waals surface area contributed by atoms with E-state index in [1.54, 1.807) is 19.9 Å². The number of hydrogen-bond acceptors (Lipinski definition) is 5. The van der Waals surface area contributed by atoms with Crippen molar-refractivity contribution in [3.05, 3.63) is 24.0 Å². The highest BCUT2D eigenvalue weighted by Gasteiger charge is 2.29. The summed E-state index contributed by atoms with van der Waals surface area (Å²) >= 11 is 0. The highest BCUT2D eigenvalue weighted by atomic mass is 32.2. The maximum Gasteiger partial charge on any atom is 0.322 e. The molecule has 1 rings (SSSR count). The van der Waals surface area contributed by atoms with E-state index >= 15 is 0 Å². The number of aromatic nitrogens is 1. The molecule has 8 heteroatoms. The van der Waals surface area contributed by atoms with Crippen molar-refractivity contribution in [2.24, 2.45) is 5.92 Å². The highest BCUT2D eigenvalue weighted by Crippen LogP contribution is 2.14. The summed E-state index contributed by atoms with van der Waals surface area (Å²) in [6, 6.07) is 2.95. The predicted molar refractivity (Wildman–Crippen MR) is 65.5 cm³/mol. The lowest BCUT2D eigenvalue weighted by molar-refractivity contribution is -0.140. The van der Waals surface area contributed by atoms with Crippen molar-refractivity contribution in [3.63, 3.8) is 0 Å². The Labute approximate surface area is 110 Å². The van der Waals surface area contributed by atoms with Crippen LogP contribution in [0.4, 0.5) is 0 Å². The summed E-state index contributed by atoms with van der Waals surface area (Å²) in [7, 11) is -4.11. The second-order valence-electron chi connectivity index (χ2n) is 4.14. The third kappa shape index (κ3) is 3.49. The van der Waals surface area contributed by atoms with E-state index in [4.69, 9.17) is 10.4 Å². The number of hydrogen-bond donors (Lipinski definition) is 2. The first kappa shape index (κ1) is 15.1.